The number of nitrogens with zero attached hydrogens (tertiary/aromatic N) is 7. The number of anilines is 1. The summed E-state index contributed by atoms with van der Waals surface area (Å²) >= 11 is 0. The second-order valence-corrected chi connectivity index (χ2v) is 12.7. The molecule has 2 aromatic heterocycles. The van der Waals surface area contributed by atoms with Crippen molar-refractivity contribution in [3.8, 4) is 23.8 Å². The van der Waals surface area contributed by atoms with Gasteiger partial charge in [0.05, 0.1) is 24.2 Å². The van der Waals surface area contributed by atoms with Gasteiger partial charge in [0, 0.05) is 50.5 Å². The van der Waals surface area contributed by atoms with Gasteiger partial charge in [-0.05, 0) is 80.0 Å². The zero-order valence-electron chi connectivity index (χ0n) is 27.8. The van der Waals surface area contributed by atoms with Crippen molar-refractivity contribution in [2.45, 2.75) is 78.9 Å². The van der Waals surface area contributed by atoms with Gasteiger partial charge < -0.3 is 14.5 Å². The fraction of sp³-hybridized carbons (Fsp3) is 0.432. The molecule has 2 aliphatic heterocycles. The summed E-state index contributed by atoms with van der Waals surface area (Å²) < 4.78 is 6.62. The maximum atomic E-state index is 12.6. The first-order valence-corrected chi connectivity index (χ1v) is 16.0. The number of carbonyl (C=O) groups excluding carboxylic acids is 1. The first-order valence-electron chi connectivity index (χ1n) is 16.0. The largest absolute Gasteiger partial charge is 0.435 e. The SMILES string of the molecule is C=CC(=O)N1CCN(c2nc(Oc3c(C)ccnc3C(C)C)c(C#N)c3c2CCN(C(C)c2c(C)cccc2C)C3)C[C@H]1CC#N. The molecule has 1 amide bonds. The predicted octanol–water partition coefficient (Wildman–Crippen LogP) is 6.43. The molecule has 0 radical (unpaired) electrons. The summed E-state index contributed by atoms with van der Waals surface area (Å²) in [4.78, 5) is 28.7. The standard InChI is InChI=1S/C37H43N7O2/c1-8-32(45)44-19-18-43(21-28(44)12-15-38)36-29-14-17-42(27(7)33-24(4)10-9-11-25(33)5)22-31(29)30(20-39)37(41-36)46-35-26(6)13-16-40-34(35)23(2)3/h8-11,13,16,23,27-28H,1,12,14,17-19,21-22H2,2-7H3/t27?,28-/m1/s1. The number of aryl methyl sites for hydroxylation is 3. The first kappa shape index (κ1) is 32.7. The molecule has 0 saturated carbocycles. The zero-order valence-corrected chi connectivity index (χ0v) is 27.8. The Bertz CT molecular complexity index is 1710. The number of pyridine rings is 2. The summed E-state index contributed by atoms with van der Waals surface area (Å²) in [5.74, 6) is 1.56. The Kier molecular flexibility index (Phi) is 9.74. The van der Waals surface area contributed by atoms with Crippen LogP contribution in [0.1, 0.15) is 83.8 Å². The number of ether oxygens (including phenoxy) is 1. The van der Waals surface area contributed by atoms with Gasteiger partial charge in [0.1, 0.15) is 17.5 Å². The molecule has 9 nitrogen and oxygen atoms in total. The van der Waals surface area contributed by atoms with E-state index in [0.717, 1.165) is 34.7 Å². The van der Waals surface area contributed by atoms with Crippen molar-refractivity contribution in [2.24, 2.45) is 0 Å². The van der Waals surface area contributed by atoms with Crippen LogP contribution in [-0.2, 0) is 17.8 Å². The topological polar surface area (TPSA) is 109 Å². The minimum absolute atomic E-state index is 0.105. The van der Waals surface area contributed by atoms with Gasteiger partial charge in [0.25, 0.3) is 0 Å². The number of hydrogen-bond donors (Lipinski definition) is 0. The number of amides is 1. The molecule has 1 unspecified atom stereocenters. The summed E-state index contributed by atoms with van der Waals surface area (Å²) in [6.45, 7) is 19.1. The Morgan fingerprint density at radius 1 is 1.09 bits per heavy atom. The van der Waals surface area contributed by atoms with Crippen molar-refractivity contribution in [3.05, 3.63) is 87.8 Å². The van der Waals surface area contributed by atoms with Crippen LogP contribution < -0.4 is 9.64 Å². The highest BCUT2D eigenvalue weighted by molar-refractivity contribution is 5.87. The lowest BCUT2D eigenvalue weighted by molar-refractivity contribution is -0.128. The van der Waals surface area contributed by atoms with Crippen LogP contribution in [0.3, 0.4) is 0 Å². The van der Waals surface area contributed by atoms with Gasteiger partial charge in [-0.25, -0.2) is 0 Å². The minimum Gasteiger partial charge on any atom is -0.435 e. The van der Waals surface area contributed by atoms with Gasteiger partial charge in [-0.2, -0.15) is 15.5 Å². The molecule has 1 saturated heterocycles. The van der Waals surface area contributed by atoms with Gasteiger partial charge in [-0.3, -0.25) is 14.7 Å². The lowest BCUT2D eigenvalue weighted by Crippen LogP contribution is -2.55. The molecule has 4 heterocycles. The molecule has 0 bridgehead atoms. The van der Waals surface area contributed by atoms with Crippen molar-refractivity contribution in [1.82, 2.24) is 19.8 Å². The Labute approximate surface area is 272 Å². The number of nitriles is 2. The molecule has 2 atom stereocenters. The fourth-order valence-electron chi connectivity index (χ4n) is 7.00. The van der Waals surface area contributed by atoms with E-state index >= 15 is 0 Å². The molecular weight excluding hydrogens is 574 g/mol. The van der Waals surface area contributed by atoms with Crippen LogP contribution in [0.2, 0.25) is 0 Å². The average Bonchev–Trinajstić information content (AvgIpc) is 3.04. The Morgan fingerprint density at radius 2 is 1.83 bits per heavy atom. The number of fused-ring (bicyclic) bond motifs is 1. The van der Waals surface area contributed by atoms with E-state index in [9.17, 15) is 15.3 Å². The van der Waals surface area contributed by atoms with Crippen LogP contribution >= 0.6 is 0 Å². The van der Waals surface area contributed by atoms with Crippen LogP contribution in [0.15, 0.2) is 43.1 Å². The van der Waals surface area contributed by atoms with Crippen molar-refractivity contribution < 1.29 is 9.53 Å². The molecule has 0 aliphatic carbocycles. The minimum atomic E-state index is -0.307. The third-order valence-electron chi connectivity index (χ3n) is 9.43. The maximum Gasteiger partial charge on any atom is 0.246 e. The first-order chi connectivity index (χ1) is 22.1. The van der Waals surface area contributed by atoms with E-state index in [1.807, 2.05) is 13.0 Å². The molecule has 0 spiro atoms. The highest BCUT2D eigenvalue weighted by Gasteiger charge is 2.35. The van der Waals surface area contributed by atoms with E-state index in [1.165, 1.54) is 22.8 Å². The third-order valence-corrected chi connectivity index (χ3v) is 9.43. The Morgan fingerprint density at radius 3 is 2.48 bits per heavy atom. The van der Waals surface area contributed by atoms with Gasteiger partial charge >= 0.3 is 0 Å². The zero-order chi connectivity index (χ0) is 33.1. The molecule has 46 heavy (non-hydrogen) atoms. The number of carbonyl (C=O) groups is 1. The van der Waals surface area contributed by atoms with Gasteiger partial charge in [-0.15, -0.1) is 0 Å². The quantitative estimate of drug-likeness (QED) is 0.266. The molecule has 2 aliphatic rings. The predicted molar refractivity (Wildman–Crippen MR) is 179 cm³/mol. The van der Waals surface area contributed by atoms with Crippen molar-refractivity contribution in [2.75, 3.05) is 31.1 Å². The molecule has 5 rings (SSSR count). The van der Waals surface area contributed by atoms with Gasteiger partial charge in [-0.1, -0.05) is 38.6 Å². The van der Waals surface area contributed by atoms with Crippen LogP contribution in [0.4, 0.5) is 5.82 Å². The molecular formula is C37H43N7O2. The maximum absolute atomic E-state index is 12.6. The van der Waals surface area contributed by atoms with Crippen LogP contribution in [0.25, 0.3) is 0 Å². The molecule has 0 N–H and O–H groups in total. The normalized spacial score (nSPS) is 17.2. The molecule has 238 valence electrons. The lowest BCUT2D eigenvalue weighted by Gasteiger charge is -2.43. The van der Waals surface area contributed by atoms with Gasteiger partial charge in [0.2, 0.25) is 11.8 Å². The van der Waals surface area contributed by atoms with E-state index in [2.05, 4.69) is 86.3 Å². The van der Waals surface area contributed by atoms with E-state index in [1.54, 1.807) is 11.1 Å². The highest BCUT2D eigenvalue weighted by atomic mass is 16.5. The highest BCUT2D eigenvalue weighted by Crippen LogP contribution is 2.41. The van der Waals surface area contributed by atoms with Crippen LogP contribution in [0.5, 0.6) is 11.6 Å². The third kappa shape index (κ3) is 6.21. The summed E-state index contributed by atoms with van der Waals surface area (Å²) in [7, 11) is 0. The van der Waals surface area contributed by atoms with Crippen molar-refractivity contribution >= 4 is 11.7 Å². The van der Waals surface area contributed by atoms with E-state index < -0.39 is 0 Å². The van der Waals surface area contributed by atoms with E-state index in [-0.39, 0.29) is 36.2 Å². The Balaban J connectivity index is 1.63. The number of hydrogen-bond acceptors (Lipinski definition) is 8. The summed E-state index contributed by atoms with van der Waals surface area (Å²) in [6, 6.07) is 12.9. The summed E-state index contributed by atoms with van der Waals surface area (Å²) in [6.07, 6.45) is 3.99. The van der Waals surface area contributed by atoms with Crippen molar-refractivity contribution in [1.29, 1.82) is 10.5 Å². The van der Waals surface area contributed by atoms with Gasteiger partial charge in [0.15, 0.2) is 5.75 Å². The van der Waals surface area contributed by atoms with E-state index in [4.69, 9.17) is 9.72 Å². The fourth-order valence-corrected chi connectivity index (χ4v) is 7.00. The second kappa shape index (κ2) is 13.7. The molecule has 9 heteroatoms. The number of piperazine rings is 1. The molecule has 1 fully saturated rings. The average molecular weight is 618 g/mol. The van der Waals surface area contributed by atoms with Crippen LogP contribution in [-0.4, -0.2) is 57.9 Å². The number of aromatic nitrogens is 2. The molecule has 1 aromatic carbocycles. The summed E-state index contributed by atoms with van der Waals surface area (Å²) in [5.41, 5.74) is 7.92. The molecule has 3 aromatic rings. The van der Waals surface area contributed by atoms with Crippen LogP contribution in [0, 0.1) is 43.4 Å². The Hall–Kier alpha value is -4.73. The van der Waals surface area contributed by atoms with Crippen molar-refractivity contribution in [3.63, 3.8) is 0 Å². The summed E-state index contributed by atoms with van der Waals surface area (Å²) in [5, 5.41) is 20.3. The smallest absolute Gasteiger partial charge is 0.246 e. The van der Waals surface area contributed by atoms with E-state index in [0.29, 0.717) is 43.9 Å². The monoisotopic (exact) mass is 617 g/mol. The number of benzene rings is 1. The lowest BCUT2D eigenvalue weighted by atomic mass is 9.91. The second-order valence-electron chi connectivity index (χ2n) is 12.7. The number of rotatable bonds is 8.